The van der Waals surface area contributed by atoms with Crippen LogP contribution in [0.15, 0.2) is 30.4 Å². The minimum Gasteiger partial charge on any atom is -0.376 e. The molecule has 0 aliphatic rings. The summed E-state index contributed by atoms with van der Waals surface area (Å²) in [6.07, 6.45) is 0. The number of hydrogen-bond donors (Lipinski definition) is 2. The van der Waals surface area contributed by atoms with E-state index in [9.17, 15) is 9.59 Å². The van der Waals surface area contributed by atoms with Gasteiger partial charge in [0, 0.05) is 30.4 Å². The van der Waals surface area contributed by atoms with Crippen molar-refractivity contribution in [3.8, 4) is 0 Å². The van der Waals surface area contributed by atoms with E-state index in [1.165, 1.54) is 0 Å². The monoisotopic (exact) mass is 331 g/mol. The Bertz CT molecular complexity index is 609. The maximum absolute atomic E-state index is 12.3. The highest BCUT2D eigenvalue weighted by Gasteiger charge is 2.12. The van der Waals surface area contributed by atoms with Crippen LogP contribution in [0.1, 0.15) is 33.3 Å². The molecule has 0 aromatic heterocycles. The Labute approximate surface area is 145 Å². The number of nitrogens with one attached hydrogen (secondary N) is 2. The van der Waals surface area contributed by atoms with Gasteiger partial charge in [0.2, 0.25) is 11.8 Å². The second-order valence-corrected chi connectivity index (χ2v) is 6.39. The Morgan fingerprint density at radius 3 is 2.50 bits per heavy atom. The Balaban J connectivity index is 2.75. The zero-order valence-corrected chi connectivity index (χ0v) is 15.4. The van der Waals surface area contributed by atoms with E-state index in [1.807, 2.05) is 52.8 Å². The standard InChI is InChI=1S/C19H29N3O2/c1-7-22(12-13(2)3)18(23)11-20-17-10-16(9-8-15(17)6)21-19(24)14(4)5/h8-10,14,20H,2,7,11-12H2,1,3-6H3,(H,21,24). The largest absolute Gasteiger partial charge is 0.376 e. The first-order chi connectivity index (χ1) is 11.2. The van der Waals surface area contributed by atoms with Crippen molar-refractivity contribution in [1.29, 1.82) is 0 Å². The summed E-state index contributed by atoms with van der Waals surface area (Å²) in [5.74, 6) is -0.0828. The molecule has 0 saturated heterocycles. The van der Waals surface area contributed by atoms with E-state index >= 15 is 0 Å². The molecule has 2 amide bonds. The Morgan fingerprint density at radius 1 is 1.29 bits per heavy atom. The number of nitrogens with zero attached hydrogens (tertiary/aromatic N) is 1. The lowest BCUT2D eigenvalue weighted by Gasteiger charge is -2.22. The van der Waals surface area contributed by atoms with E-state index in [2.05, 4.69) is 17.2 Å². The van der Waals surface area contributed by atoms with Crippen molar-refractivity contribution in [3.63, 3.8) is 0 Å². The number of amides is 2. The number of carbonyl (C=O) groups is 2. The number of rotatable bonds is 8. The normalized spacial score (nSPS) is 10.4. The van der Waals surface area contributed by atoms with Crippen molar-refractivity contribution in [2.45, 2.75) is 34.6 Å². The molecule has 24 heavy (non-hydrogen) atoms. The van der Waals surface area contributed by atoms with Crippen LogP contribution in [0.3, 0.4) is 0 Å². The number of carbonyl (C=O) groups excluding carboxylic acids is 2. The molecule has 0 aliphatic heterocycles. The third-order valence-corrected chi connectivity index (χ3v) is 3.65. The average Bonchev–Trinajstić information content (AvgIpc) is 2.52. The number of aryl methyl sites for hydroxylation is 1. The molecular formula is C19H29N3O2. The first-order valence-corrected chi connectivity index (χ1v) is 8.32. The van der Waals surface area contributed by atoms with Crippen molar-refractivity contribution < 1.29 is 9.59 Å². The summed E-state index contributed by atoms with van der Waals surface area (Å²) in [6.45, 7) is 14.8. The van der Waals surface area contributed by atoms with Gasteiger partial charge in [0.1, 0.15) is 0 Å². The second kappa shape index (κ2) is 9.11. The Morgan fingerprint density at radius 2 is 1.96 bits per heavy atom. The first kappa shape index (κ1) is 19.7. The fraction of sp³-hybridized carbons (Fsp3) is 0.474. The molecule has 1 rings (SSSR count). The SMILES string of the molecule is C=C(C)CN(CC)C(=O)CNc1cc(NC(=O)C(C)C)ccc1C. The molecule has 0 atom stereocenters. The average molecular weight is 331 g/mol. The maximum Gasteiger partial charge on any atom is 0.242 e. The van der Waals surface area contributed by atoms with E-state index in [0.717, 1.165) is 22.5 Å². The lowest BCUT2D eigenvalue weighted by Crippen LogP contribution is -2.36. The molecule has 132 valence electrons. The molecule has 1 aromatic carbocycles. The third kappa shape index (κ3) is 6.07. The van der Waals surface area contributed by atoms with Gasteiger partial charge in [-0.3, -0.25) is 9.59 Å². The fourth-order valence-electron chi connectivity index (χ4n) is 2.16. The van der Waals surface area contributed by atoms with Crippen molar-refractivity contribution in [2.24, 2.45) is 5.92 Å². The zero-order chi connectivity index (χ0) is 18.3. The first-order valence-electron chi connectivity index (χ1n) is 8.32. The molecule has 1 aromatic rings. The highest BCUT2D eigenvalue weighted by atomic mass is 16.2. The van der Waals surface area contributed by atoms with Gasteiger partial charge in [-0.15, -0.1) is 0 Å². The van der Waals surface area contributed by atoms with Gasteiger partial charge in [-0.05, 0) is 38.5 Å². The summed E-state index contributed by atoms with van der Waals surface area (Å²) in [6, 6.07) is 5.65. The number of likely N-dealkylation sites (N-methyl/N-ethyl adjacent to an activating group) is 1. The van der Waals surface area contributed by atoms with Crippen LogP contribution in [-0.2, 0) is 9.59 Å². The molecule has 0 heterocycles. The van der Waals surface area contributed by atoms with Crippen LogP contribution >= 0.6 is 0 Å². The van der Waals surface area contributed by atoms with Gasteiger partial charge in [-0.1, -0.05) is 32.1 Å². The van der Waals surface area contributed by atoms with E-state index in [-0.39, 0.29) is 24.3 Å². The highest BCUT2D eigenvalue weighted by Crippen LogP contribution is 2.20. The molecule has 0 fully saturated rings. The quantitative estimate of drug-likeness (QED) is 0.718. The summed E-state index contributed by atoms with van der Waals surface area (Å²) in [5.41, 5.74) is 3.55. The van der Waals surface area contributed by atoms with Gasteiger partial charge in [0.25, 0.3) is 0 Å². The topological polar surface area (TPSA) is 61.4 Å². The molecule has 0 saturated carbocycles. The summed E-state index contributed by atoms with van der Waals surface area (Å²) in [5, 5.41) is 6.04. The zero-order valence-electron chi connectivity index (χ0n) is 15.4. The predicted octanol–water partition coefficient (Wildman–Crippen LogP) is 3.43. The molecule has 2 N–H and O–H groups in total. The van der Waals surface area contributed by atoms with Crippen LogP contribution in [-0.4, -0.2) is 36.3 Å². The molecule has 0 radical (unpaired) electrons. The summed E-state index contributed by atoms with van der Waals surface area (Å²) < 4.78 is 0. The minimum atomic E-state index is -0.0791. The number of anilines is 2. The van der Waals surface area contributed by atoms with Crippen LogP contribution in [0.4, 0.5) is 11.4 Å². The third-order valence-electron chi connectivity index (χ3n) is 3.65. The predicted molar refractivity (Wildman–Crippen MR) is 100 cm³/mol. The molecule has 5 nitrogen and oxygen atoms in total. The van der Waals surface area contributed by atoms with E-state index in [1.54, 1.807) is 4.90 Å². The lowest BCUT2D eigenvalue weighted by atomic mass is 10.1. The van der Waals surface area contributed by atoms with Crippen LogP contribution < -0.4 is 10.6 Å². The van der Waals surface area contributed by atoms with Crippen LogP contribution in [0.25, 0.3) is 0 Å². The fourth-order valence-corrected chi connectivity index (χ4v) is 2.16. The van der Waals surface area contributed by atoms with Gasteiger partial charge in [0.15, 0.2) is 0 Å². The van der Waals surface area contributed by atoms with Crippen LogP contribution in [0.2, 0.25) is 0 Å². The molecule has 0 bridgehead atoms. The smallest absolute Gasteiger partial charge is 0.242 e. The van der Waals surface area contributed by atoms with Gasteiger partial charge in [-0.25, -0.2) is 0 Å². The van der Waals surface area contributed by atoms with E-state index in [4.69, 9.17) is 0 Å². The van der Waals surface area contributed by atoms with Gasteiger partial charge < -0.3 is 15.5 Å². The van der Waals surface area contributed by atoms with Crippen molar-refractivity contribution in [3.05, 3.63) is 35.9 Å². The molecule has 0 unspecified atom stereocenters. The lowest BCUT2D eigenvalue weighted by molar-refractivity contribution is -0.128. The maximum atomic E-state index is 12.3. The van der Waals surface area contributed by atoms with Crippen molar-refractivity contribution in [1.82, 2.24) is 4.90 Å². The number of benzene rings is 1. The highest BCUT2D eigenvalue weighted by molar-refractivity contribution is 5.92. The molecular weight excluding hydrogens is 302 g/mol. The Hall–Kier alpha value is -2.30. The Kier molecular flexibility index (Phi) is 7.49. The molecule has 0 spiro atoms. The molecule has 5 heteroatoms. The van der Waals surface area contributed by atoms with Gasteiger partial charge in [0.05, 0.1) is 6.54 Å². The number of hydrogen-bond acceptors (Lipinski definition) is 3. The van der Waals surface area contributed by atoms with E-state index < -0.39 is 0 Å². The second-order valence-electron chi connectivity index (χ2n) is 6.39. The van der Waals surface area contributed by atoms with Crippen molar-refractivity contribution >= 4 is 23.2 Å². The van der Waals surface area contributed by atoms with Gasteiger partial charge in [-0.2, -0.15) is 0 Å². The van der Waals surface area contributed by atoms with Gasteiger partial charge >= 0.3 is 0 Å². The van der Waals surface area contributed by atoms with E-state index in [0.29, 0.717) is 13.1 Å². The van der Waals surface area contributed by atoms with Crippen LogP contribution in [0, 0.1) is 12.8 Å². The minimum absolute atomic E-state index is 0.0246. The molecule has 0 aliphatic carbocycles. The van der Waals surface area contributed by atoms with Crippen LogP contribution in [0.5, 0.6) is 0 Å². The van der Waals surface area contributed by atoms with Crippen molar-refractivity contribution in [2.75, 3.05) is 30.3 Å². The summed E-state index contributed by atoms with van der Waals surface area (Å²) in [7, 11) is 0. The summed E-state index contributed by atoms with van der Waals surface area (Å²) >= 11 is 0. The summed E-state index contributed by atoms with van der Waals surface area (Å²) in [4.78, 5) is 25.9.